The molecule has 1 aromatic carbocycles. The summed E-state index contributed by atoms with van der Waals surface area (Å²) in [6.45, 7) is 3.05. The zero-order chi connectivity index (χ0) is 17.6. The number of carbonyl (C=O) groups excluding carboxylic acids is 1. The van der Waals surface area contributed by atoms with Crippen LogP contribution < -0.4 is 5.32 Å². The molecule has 2 aliphatic rings. The Balaban J connectivity index is 0.00000243. The average Bonchev–Trinajstić information content (AvgIpc) is 2.99. The second kappa shape index (κ2) is 10.4. The standard InChI is InChI=1S/C19H26ClN3OS.ClH/c1-2-23-17(12-18(24)21-16-10-8-14(20)9-11-16)13-25-19(23)22-15-6-4-3-5-7-15;/h8-11,15,17H,2-7,12-13H2,1H3,(H,21,24);1H. The Morgan fingerprint density at radius 1 is 1.27 bits per heavy atom. The van der Waals surface area contributed by atoms with Crippen molar-refractivity contribution in [3.05, 3.63) is 29.3 Å². The van der Waals surface area contributed by atoms with E-state index in [4.69, 9.17) is 16.6 Å². The second-order valence-electron chi connectivity index (χ2n) is 6.71. The smallest absolute Gasteiger partial charge is 0.226 e. The van der Waals surface area contributed by atoms with Gasteiger partial charge >= 0.3 is 0 Å². The van der Waals surface area contributed by atoms with Crippen LogP contribution in [-0.4, -0.2) is 40.4 Å². The molecule has 7 heteroatoms. The van der Waals surface area contributed by atoms with Gasteiger partial charge in [0, 0.05) is 35.5 Å². The number of nitrogens with one attached hydrogen (secondary N) is 1. The summed E-state index contributed by atoms with van der Waals surface area (Å²) < 4.78 is 0. The molecular formula is C19H27Cl2N3OS. The molecule has 1 aromatic rings. The predicted molar refractivity (Wildman–Crippen MR) is 115 cm³/mol. The predicted octanol–water partition coefficient (Wildman–Crippen LogP) is 5.22. The lowest BCUT2D eigenvalue weighted by atomic mass is 9.96. The number of benzene rings is 1. The topological polar surface area (TPSA) is 44.7 Å². The van der Waals surface area contributed by atoms with Gasteiger partial charge in [-0.15, -0.1) is 12.4 Å². The van der Waals surface area contributed by atoms with Crippen LogP contribution in [0.4, 0.5) is 5.69 Å². The number of amides is 1. The molecule has 1 N–H and O–H groups in total. The summed E-state index contributed by atoms with van der Waals surface area (Å²) in [5, 5.41) is 4.77. The van der Waals surface area contributed by atoms with E-state index in [1.165, 1.54) is 32.1 Å². The third-order valence-corrected chi connectivity index (χ3v) is 6.25. The molecular weight excluding hydrogens is 389 g/mol. The average molecular weight is 416 g/mol. The molecule has 1 saturated heterocycles. The van der Waals surface area contributed by atoms with Crippen molar-refractivity contribution in [3.8, 4) is 0 Å². The highest BCUT2D eigenvalue weighted by Crippen LogP contribution is 2.29. The van der Waals surface area contributed by atoms with Gasteiger partial charge in [0.25, 0.3) is 0 Å². The number of halogens is 2. The Morgan fingerprint density at radius 2 is 1.96 bits per heavy atom. The molecule has 1 aliphatic heterocycles. The summed E-state index contributed by atoms with van der Waals surface area (Å²) in [5.41, 5.74) is 0.791. The van der Waals surface area contributed by atoms with Crippen molar-refractivity contribution < 1.29 is 4.79 Å². The Bertz CT molecular complexity index is 618. The minimum Gasteiger partial charge on any atom is -0.347 e. The lowest BCUT2D eigenvalue weighted by molar-refractivity contribution is -0.116. The minimum absolute atomic E-state index is 0. The number of nitrogens with zero attached hydrogens (tertiary/aromatic N) is 2. The number of hydrogen-bond acceptors (Lipinski definition) is 3. The quantitative estimate of drug-likeness (QED) is 0.716. The molecule has 1 saturated carbocycles. The molecule has 144 valence electrons. The fourth-order valence-corrected chi connectivity index (χ4v) is 4.93. The van der Waals surface area contributed by atoms with Crippen molar-refractivity contribution in [2.45, 2.75) is 57.5 Å². The van der Waals surface area contributed by atoms with E-state index in [0.29, 0.717) is 17.5 Å². The monoisotopic (exact) mass is 415 g/mol. The number of rotatable bonds is 5. The van der Waals surface area contributed by atoms with E-state index in [9.17, 15) is 4.79 Å². The van der Waals surface area contributed by atoms with Crippen molar-refractivity contribution in [1.82, 2.24) is 4.90 Å². The summed E-state index contributed by atoms with van der Waals surface area (Å²) in [4.78, 5) is 19.7. The first kappa shape index (κ1) is 21.4. The van der Waals surface area contributed by atoms with Crippen molar-refractivity contribution >= 4 is 52.5 Å². The molecule has 1 unspecified atom stereocenters. The zero-order valence-electron chi connectivity index (χ0n) is 15.1. The van der Waals surface area contributed by atoms with E-state index in [0.717, 1.165) is 23.2 Å². The fraction of sp³-hybridized carbons (Fsp3) is 0.579. The summed E-state index contributed by atoms with van der Waals surface area (Å²) in [7, 11) is 0. The van der Waals surface area contributed by atoms with Gasteiger partial charge in [-0.3, -0.25) is 9.79 Å². The molecule has 0 bridgehead atoms. The third kappa shape index (κ3) is 5.80. The van der Waals surface area contributed by atoms with Crippen LogP contribution in [0.1, 0.15) is 45.4 Å². The highest BCUT2D eigenvalue weighted by molar-refractivity contribution is 8.14. The summed E-state index contributed by atoms with van der Waals surface area (Å²) in [6, 6.07) is 7.94. The van der Waals surface area contributed by atoms with Gasteiger partial charge in [-0.2, -0.15) is 0 Å². The van der Waals surface area contributed by atoms with E-state index >= 15 is 0 Å². The van der Waals surface area contributed by atoms with Gasteiger partial charge in [0.05, 0.1) is 6.04 Å². The van der Waals surface area contributed by atoms with Crippen LogP contribution >= 0.6 is 35.8 Å². The van der Waals surface area contributed by atoms with Crippen molar-refractivity contribution in [3.63, 3.8) is 0 Å². The van der Waals surface area contributed by atoms with E-state index in [1.54, 1.807) is 23.9 Å². The molecule has 0 aromatic heterocycles. The Kier molecular flexibility index (Phi) is 8.58. The van der Waals surface area contributed by atoms with Crippen LogP contribution in [0.25, 0.3) is 0 Å². The molecule has 0 spiro atoms. The Hall–Kier alpha value is -0.910. The van der Waals surface area contributed by atoms with Gasteiger partial charge in [0.15, 0.2) is 5.17 Å². The molecule has 26 heavy (non-hydrogen) atoms. The number of amidine groups is 1. The maximum atomic E-state index is 12.4. The van der Waals surface area contributed by atoms with Crippen LogP contribution in [0.5, 0.6) is 0 Å². The van der Waals surface area contributed by atoms with Crippen molar-refractivity contribution in [2.75, 3.05) is 17.6 Å². The lowest BCUT2D eigenvalue weighted by Crippen LogP contribution is -2.37. The lowest BCUT2D eigenvalue weighted by Gasteiger charge is -2.26. The number of hydrogen-bond donors (Lipinski definition) is 1. The van der Waals surface area contributed by atoms with Crippen molar-refractivity contribution in [2.24, 2.45) is 4.99 Å². The van der Waals surface area contributed by atoms with Crippen LogP contribution in [0.15, 0.2) is 29.3 Å². The molecule has 2 fully saturated rings. The number of carbonyl (C=O) groups is 1. The van der Waals surface area contributed by atoms with Gasteiger partial charge in [-0.1, -0.05) is 42.6 Å². The molecule has 1 atom stereocenters. The van der Waals surface area contributed by atoms with Gasteiger partial charge in [0.2, 0.25) is 5.91 Å². The molecule has 4 nitrogen and oxygen atoms in total. The largest absolute Gasteiger partial charge is 0.347 e. The fourth-order valence-electron chi connectivity index (χ4n) is 3.50. The first-order chi connectivity index (χ1) is 12.2. The van der Waals surface area contributed by atoms with Crippen LogP contribution in [0.3, 0.4) is 0 Å². The van der Waals surface area contributed by atoms with Gasteiger partial charge in [-0.05, 0) is 44.0 Å². The normalized spacial score (nSPS) is 22.3. The van der Waals surface area contributed by atoms with E-state index in [1.807, 2.05) is 12.1 Å². The SMILES string of the molecule is CCN1C(=NC2CCCCC2)SCC1CC(=O)Nc1ccc(Cl)cc1.Cl. The molecule has 1 aliphatic carbocycles. The number of thioether (sulfide) groups is 1. The third-order valence-electron chi connectivity index (χ3n) is 4.85. The maximum Gasteiger partial charge on any atom is 0.226 e. The molecule has 1 amide bonds. The van der Waals surface area contributed by atoms with Crippen molar-refractivity contribution in [1.29, 1.82) is 0 Å². The van der Waals surface area contributed by atoms with Crippen LogP contribution in [0.2, 0.25) is 5.02 Å². The second-order valence-corrected chi connectivity index (χ2v) is 8.14. The van der Waals surface area contributed by atoms with E-state index in [2.05, 4.69) is 17.1 Å². The van der Waals surface area contributed by atoms with Gasteiger partial charge in [0.1, 0.15) is 0 Å². The van der Waals surface area contributed by atoms with E-state index < -0.39 is 0 Å². The first-order valence-electron chi connectivity index (χ1n) is 9.18. The summed E-state index contributed by atoms with van der Waals surface area (Å²) in [6.07, 6.45) is 6.86. The minimum atomic E-state index is 0. The Morgan fingerprint density at radius 3 is 2.62 bits per heavy atom. The molecule has 0 radical (unpaired) electrons. The number of anilines is 1. The highest BCUT2D eigenvalue weighted by Gasteiger charge is 2.31. The van der Waals surface area contributed by atoms with Crippen LogP contribution in [-0.2, 0) is 4.79 Å². The molecule has 3 rings (SSSR count). The van der Waals surface area contributed by atoms with E-state index in [-0.39, 0.29) is 24.4 Å². The molecule has 1 heterocycles. The Labute approximate surface area is 171 Å². The summed E-state index contributed by atoms with van der Waals surface area (Å²) >= 11 is 7.69. The zero-order valence-corrected chi connectivity index (χ0v) is 17.5. The highest BCUT2D eigenvalue weighted by atomic mass is 35.5. The maximum absolute atomic E-state index is 12.4. The van der Waals surface area contributed by atoms with Gasteiger partial charge in [-0.25, -0.2) is 0 Å². The van der Waals surface area contributed by atoms with Crippen LogP contribution in [0, 0.1) is 0 Å². The first-order valence-corrected chi connectivity index (χ1v) is 10.5. The summed E-state index contributed by atoms with van der Waals surface area (Å²) in [5.74, 6) is 0.984. The van der Waals surface area contributed by atoms with Gasteiger partial charge < -0.3 is 10.2 Å². The number of aliphatic imine (C=N–C) groups is 1.